The van der Waals surface area contributed by atoms with Gasteiger partial charge in [-0.3, -0.25) is 18.8 Å². The number of benzene rings is 2. The zero-order valence-electron chi connectivity index (χ0n) is 18.3. The molecule has 3 amide bonds. The van der Waals surface area contributed by atoms with Crippen LogP contribution >= 0.6 is 11.3 Å². The maximum atomic E-state index is 13.2. The molecule has 0 aliphatic heterocycles. The van der Waals surface area contributed by atoms with Gasteiger partial charge in [0.2, 0.25) is 11.8 Å². The monoisotopic (exact) mass is 479 g/mol. The molecule has 34 heavy (non-hydrogen) atoms. The smallest absolute Gasteiger partial charge is 0.251 e. The predicted octanol–water partition coefficient (Wildman–Crippen LogP) is 3.25. The second-order valence-corrected chi connectivity index (χ2v) is 8.39. The van der Waals surface area contributed by atoms with Crippen molar-refractivity contribution in [3.8, 4) is 11.3 Å². The standard InChI is InChI=1S/C24H22FN5O3S/c1-15(31)28-19-8-4-17(5-9-19)23(33)27-11-10-26-22(32)12-20-14-34-24-29-21(13-30(20)24)16-2-6-18(25)7-3-16/h2-9,13-14H,10-12H2,1H3,(H,26,32)(H,27,33)(H,28,31). The van der Waals surface area contributed by atoms with Gasteiger partial charge in [-0.25, -0.2) is 9.37 Å². The van der Waals surface area contributed by atoms with E-state index in [-0.39, 0.29) is 43.0 Å². The molecule has 4 aromatic rings. The summed E-state index contributed by atoms with van der Waals surface area (Å²) in [5.74, 6) is -0.934. The number of thiazole rings is 1. The Morgan fingerprint density at radius 1 is 1.00 bits per heavy atom. The van der Waals surface area contributed by atoms with E-state index >= 15 is 0 Å². The van der Waals surface area contributed by atoms with Crippen LogP contribution < -0.4 is 16.0 Å². The van der Waals surface area contributed by atoms with Crippen molar-refractivity contribution in [3.63, 3.8) is 0 Å². The summed E-state index contributed by atoms with van der Waals surface area (Å²) in [5, 5.41) is 10.1. The molecule has 0 saturated heterocycles. The van der Waals surface area contributed by atoms with Crippen molar-refractivity contribution < 1.29 is 18.8 Å². The quantitative estimate of drug-likeness (QED) is 0.338. The molecule has 2 aromatic carbocycles. The topological polar surface area (TPSA) is 105 Å². The lowest BCUT2D eigenvalue weighted by Crippen LogP contribution is -2.35. The summed E-state index contributed by atoms with van der Waals surface area (Å²) >= 11 is 1.43. The van der Waals surface area contributed by atoms with Crippen LogP contribution in [0, 0.1) is 5.82 Å². The first-order valence-electron chi connectivity index (χ1n) is 10.5. The summed E-state index contributed by atoms with van der Waals surface area (Å²) in [7, 11) is 0. The van der Waals surface area contributed by atoms with Crippen LogP contribution in [-0.2, 0) is 16.0 Å². The molecule has 0 aliphatic rings. The van der Waals surface area contributed by atoms with Crippen LogP contribution in [0.4, 0.5) is 10.1 Å². The van der Waals surface area contributed by atoms with Gasteiger partial charge in [-0.15, -0.1) is 11.3 Å². The SMILES string of the molecule is CC(=O)Nc1ccc(C(=O)NCCNC(=O)Cc2csc3nc(-c4ccc(F)cc4)cn23)cc1. The number of carbonyl (C=O) groups excluding carboxylic acids is 3. The Bertz CT molecular complexity index is 1330. The third kappa shape index (κ3) is 5.65. The Morgan fingerprint density at radius 2 is 1.71 bits per heavy atom. The van der Waals surface area contributed by atoms with Crippen molar-refractivity contribution in [2.24, 2.45) is 0 Å². The minimum Gasteiger partial charge on any atom is -0.354 e. The number of fused-ring (bicyclic) bond motifs is 1. The van der Waals surface area contributed by atoms with Gasteiger partial charge in [0.05, 0.1) is 12.1 Å². The summed E-state index contributed by atoms with van der Waals surface area (Å²) in [4.78, 5) is 40.9. The van der Waals surface area contributed by atoms with Crippen molar-refractivity contribution >= 4 is 39.7 Å². The number of halogens is 1. The van der Waals surface area contributed by atoms with E-state index in [0.29, 0.717) is 16.9 Å². The number of anilines is 1. The van der Waals surface area contributed by atoms with Gasteiger partial charge < -0.3 is 16.0 Å². The van der Waals surface area contributed by atoms with E-state index in [2.05, 4.69) is 20.9 Å². The van der Waals surface area contributed by atoms with Gasteiger partial charge >= 0.3 is 0 Å². The van der Waals surface area contributed by atoms with E-state index in [1.165, 1.54) is 30.4 Å². The van der Waals surface area contributed by atoms with Gasteiger partial charge in [-0.1, -0.05) is 0 Å². The first-order chi connectivity index (χ1) is 16.4. The largest absolute Gasteiger partial charge is 0.354 e. The Balaban J connectivity index is 1.26. The normalized spacial score (nSPS) is 10.8. The molecule has 4 rings (SSSR count). The van der Waals surface area contributed by atoms with Gasteiger partial charge in [0.25, 0.3) is 5.91 Å². The highest BCUT2D eigenvalue weighted by Gasteiger charge is 2.13. The molecule has 0 aliphatic carbocycles. The predicted molar refractivity (Wildman–Crippen MR) is 128 cm³/mol. The molecule has 0 unspecified atom stereocenters. The van der Waals surface area contributed by atoms with Crippen molar-refractivity contribution in [3.05, 3.63) is 77.2 Å². The number of amides is 3. The zero-order valence-corrected chi connectivity index (χ0v) is 19.1. The first-order valence-corrected chi connectivity index (χ1v) is 11.4. The molecule has 2 heterocycles. The van der Waals surface area contributed by atoms with E-state index in [4.69, 9.17) is 0 Å². The Labute approximate surface area is 198 Å². The Hall–Kier alpha value is -4.05. The highest BCUT2D eigenvalue weighted by molar-refractivity contribution is 7.15. The highest BCUT2D eigenvalue weighted by Crippen LogP contribution is 2.24. The van der Waals surface area contributed by atoms with Crippen molar-refractivity contribution in [1.29, 1.82) is 0 Å². The summed E-state index contributed by atoms with van der Waals surface area (Å²) in [6.07, 6.45) is 2.00. The van der Waals surface area contributed by atoms with Crippen molar-refractivity contribution in [2.45, 2.75) is 13.3 Å². The Morgan fingerprint density at radius 3 is 2.41 bits per heavy atom. The van der Waals surface area contributed by atoms with E-state index in [1.807, 2.05) is 16.0 Å². The third-order valence-corrected chi connectivity index (χ3v) is 5.85. The summed E-state index contributed by atoms with van der Waals surface area (Å²) in [5.41, 5.74) is 3.37. The van der Waals surface area contributed by atoms with Crippen LogP contribution in [0.15, 0.2) is 60.1 Å². The fourth-order valence-electron chi connectivity index (χ4n) is 3.33. The molecule has 0 bridgehead atoms. The van der Waals surface area contributed by atoms with Gasteiger partial charge in [-0.05, 0) is 48.5 Å². The van der Waals surface area contributed by atoms with E-state index in [1.54, 1.807) is 36.4 Å². The number of hydrogen-bond acceptors (Lipinski definition) is 5. The Kier molecular flexibility index (Phi) is 6.98. The fraction of sp³-hybridized carbons (Fsp3) is 0.167. The second-order valence-electron chi connectivity index (χ2n) is 7.55. The molecular formula is C24H22FN5O3S. The van der Waals surface area contributed by atoms with Crippen molar-refractivity contribution in [2.75, 3.05) is 18.4 Å². The lowest BCUT2D eigenvalue weighted by molar-refractivity contribution is -0.120. The minimum atomic E-state index is -0.307. The fourth-order valence-corrected chi connectivity index (χ4v) is 4.20. The lowest BCUT2D eigenvalue weighted by Gasteiger charge is -2.08. The summed E-state index contributed by atoms with van der Waals surface area (Å²) in [6.45, 7) is 1.97. The molecule has 2 aromatic heterocycles. The number of imidazole rings is 1. The number of nitrogens with one attached hydrogen (secondary N) is 3. The van der Waals surface area contributed by atoms with Crippen LogP contribution in [0.5, 0.6) is 0 Å². The number of hydrogen-bond donors (Lipinski definition) is 3. The molecule has 0 fully saturated rings. The van der Waals surface area contributed by atoms with Gasteiger partial charge in [0.1, 0.15) is 5.82 Å². The molecule has 0 radical (unpaired) electrons. The maximum Gasteiger partial charge on any atom is 0.251 e. The minimum absolute atomic E-state index is 0.164. The molecule has 0 spiro atoms. The van der Waals surface area contributed by atoms with Crippen LogP contribution in [0.1, 0.15) is 23.0 Å². The zero-order chi connectivity index (χ0) is 24.1. The van der Waals surface area contributed by atoms with E-state index in [9.17, 15) is 18.8 Å². The van der Waals surface area contributed by atoms with E-state index in [0.717, 1.165) is 16.2 Å². The average Bonchev–Trinajstić information content (AvgIpc) is 3.39. The van der Waals surface area contributed by atoms with Crippen molar-refractivity contribution in [1.82, 2.24) is 20.0 Å². The molecule has 0 atom stereocenters. The highest BCUT2D eigenvalue weighted by atomic mass is 32.1. The van der Waals surface area contributed by atoms with Crippen LogP contribution in [0.25, 0.3) is 16.2 Å². The number of aromatic nitrogens is 2. The lowest BCUT2D eigenvalue weighted by atomic mass is 10.2. The van der Waals surface area contributed by atoms with Gasteiger partial charge in [0, 0.05) is 54.1 Å². The molecule has 0 saturated carbocycles. The molecule has 8 nitrogen and oxygen atoms in total. The first kappa shape index (κ1) is 23.1. The molecule has 10 heteroatoms. The summed E-state index contributed by atoms with van der Waals surface area (Å²) in [6, 6.07) is 12.6. The molecular weight excluding hydrogens is 457 g/mol. The second kappa shape index (κ2) is 10.3. The van der Waals surface area contributed by atoms with Crippen LogP contribution in [0.2, 0.25) is 0 Å². The van der Waals surface area contributed by atoms with Gasteiger partial charge in [0.15, 0.2) is 4.96 Å². The molecule has 174 valence electrons. The van der Waals surface area contributed by atoms with Crippen LogP contribution in [-0.4, -0.2) is 40.2 Å². The summed E-state index contributed by atoms with van der Waals surface area (Å²) < 4.78 is 15.0. The third-order valence-electron chi connectivity index (χ3n) is 4.97. The maximum absolute atomic E-state index is 13.2. The van der Waals surface area contributed by atoms with E-state index < -0.39 is 0 Å². The number of carbonyl (C=O) groups is 3. The molecule has 3 N–H and O–H groups in total. The number of nitrogens with zero attached hydrogens (tertiary/aromatic N) is 2. The van der Waals surface area contributed by atoms with Gasteiger partial charge in [-0.2, -0.15) is 0 Å². The van der Waals surface area contributed by atoms with Crippen LogP contribution in [0.3, 0.4) is 0 Å². The average molecular weight is 480 g/mol. The number of rotatable bonds is 8.